The largest absolute Gasteiger partial charge is 0.506 e. The van der Waals surface area contributed by atoms with E-state index in [0.29, 0.717) is 12.3 Å². The van der Waals surface area contributed by atoms with Gasteiger partial charge < -0.3 is 29.4 Å². The summed E-state index contributed by atoms with van der Waals surface area (Å²) in [7, 11) is 0. The Bertz CT molecular complexity index is 885. The molecule has 0 spiro atoms. The van der Waals surface area contributed by atoms with Gasteiger partial charge in [-0.2, -0.15) is 0 Å². The Morgan fingerprint density at radius 1 is 1.06 bits per heavy atom. The third kappa shape index (κ3) is 5.37. The van der Waals surface area contributed by atoms with Crippen LogP contribution in [-0.2, 0) is 4.74 Å². The van der Waals surface area contributed by atoms with Crippen molar-refractivity contribution in [2.45, 2.75) is 19.9 Å². The number of aliphatic imine (C=N–C) groups is 1. The van der Waals surface area contributed by atoms with Gasteiger partial charge >= 0.3 is 0 Å². The molecule has 174 valence electrons. The van der Waals surface area contributed by atoms with Crippen LogP contribution in [0, 0.1) is 6.92 Å². The summed E-state index contributed by atoms with van der Waals surface area (Å²) in [4.78, 5) is 12.0. The van der Waals surface area contributed by atoms with E-state index >= 15 is 0 Å². The van der Waals surface area contributed by atoms with Crippen LogP contribution >= 0.6 is 0 Å². The average Bonchev–Trinajstić information content (AvgIpc) is 3.25. The Balaban J connectivity index is 1.45. The number of phenolic OH excluding ortho intramolecular Hbond substituents is 1. The van der Waals surface area contributed by atoms with Gasteiger partial charge in [0.2, 0.25) is 0 Å². The number of furan rings is 1. The number of anilines is 1. The zero-order chi connectivity index (χ0) is 22.3. The van der Waals surface area contributed by atoms with E-state index in [0.717, 1.165) is 82.2 Å². The average molecular weight is 442 g/mol. The fraction of sp³-hybridized carbons (Fsp3) is 0.542. The van der Waals surface area contributed by atoms with Crippen molar-refractivity contribution >= 4 is 11.6 Å². The van der Waals surface area contributed by atoms with Gasteiger partial charge in [0, 0.05) is 45.8 Å². The fourth-order valence-corrected chi connectivity index (χ4v) is 4.40. The molecule has 8 heteroatoms. The van der Waals surface area contributed by atoms with Crippen LogP contribution in [-0.4, -0.2) is 86.4 Å². The molecule has 4 rings (SSSR count). The van der Waals surface area contributed by atoms with Gasteiger partial charge in [0.25, 0.3) is 0 Å². The normalized spacial score (nSPS) is 19.2. The maximum atomic E-state index is 10.2. The number of rotatable bonds is 6. The molecule has 2 N–H and O–H groups in total. The summed E-state index contributed by atoms with van der Waals surface area (Å²) >= 11 is 0. The molecule has 2 fully saturated rings. The van der Waals surface area contributed by atoms with E-state index < -0.39 is 0 Å². The first kappa shape index (κ1) is 22.5. The molecule has 1 unspecified atom stereocenters. The fourth-order valence-electron chi connectivity index (χ4n) is 4.40. The number of aromatic hydroxyl groups is 1. The highest BCUT2D eigenvalue weighted by atomic mass is 16.5. The summed E-state index contributed by atoms with van der Waals surface area (Å²) in [5.41, 5.74) is 0.898. The molecule has 2 aromatic rings. The van der Waals surface area contributed by atoms with Crippen LogP contribution in [0.5, 0.6) is 5.75 Å². The highest BCUT2D eigenvalue weighted by molar-refractivity contribution is 5.80. The quantitative estimate of drug-likeness (QED) is 0.527. The molecule has 1 atom stereocenters. The number of piperazine rings is 1. The number of phenols is 1. The molecule has 8 nitrogen and oxygen atoms in total. The van der Waals surface area contributed by atoms with Gasteiger partial charge in [0.05, 0.1) is 31.5 Å². The summed E-state index contributed by atoms with van der Waals surface area (Å²) in [6, 6.07) is 11.7. The first-order valence-corrected chi connectivity index (χ1v) is 11.6. The van der Waals surface area contributed by atoms with Crippen molar-refractivity contribution in [3.05, 3.63) is 47.9 Å². The van der Waals surface area contributed by atoms with Gasteiger partial charge in [-0.15, -0.1) is 0 Å². The van der Waals surface area contributed by atoms with Crippen LogP contribution in [0.1, 0.15) is 24.5 Å². The van der Waals surface area contributed by atoms with Gasteiger partial charge in [-0.25, -0.2) is 0 Å². The first-order chi connectivity index (χ1) is 15.7. The number of ether oxygens (including phenoxy) is 1. The smallest absolute Gasteiger partial charge is 0.194 e. The molecular weight excluding hydrogens is 406 g/mol. The Hall–Kier alpha value is -2.71. The Kier molecular flexibility index (Phi) is 7.55. The molecule has 0 amide bonds. The zero-order valence-corrected chi connectivity index (χ0v) is 19.2. The lowest BCUT2D eigenvalue weighted by atomic mass is 10.1. The predicted molar refractivity (Wildman–Crippen MR) is 126 cm³/mol. The van der Waals surface area contributed by atoms with Crippen LogP contribution in [0.25, 0.3) is 0 Å². The van der Waals surface area contributed by atoms with Crippen molar-refractivity contribution in [2.24, 2.45) is 4.99 Å². The summed E-state index contributed by atoms with van der Waals surface area (Å²) < 4.78 is 11.5. The Labute approximate surface area is 190 Å². The minimum atomic E-state index is 0.101. The van der Waals surface area contributed by atoms with E-state index in [1.54, 1.807) is 6.07 Å². The lowest BCUT2D eigenvalue weighted by molar-refractivity contribution is 0.0135. The van der Waals surface area contributed by atoms with E-state index in [9.17, 15) is 5.11 Å². The van der Waals surface area contributed by atoms with Crippen LogP contribution < -0.4 is 10.2 Å². The summed E-state index contributed by atoms with van der Waals surface area (Å²) in [6.45, 7) is 12.2. The molecule has 2 aliphatic rings. The predicted octanol–water partition coefficient (Wildman–Crippen LogP) is 2.45. The third-order valence-electron chi connectivity index (χ3n) is 6.13. The maximum Gasteiger partial charge on any atom is 0.194 e. The topological polar surface area (TPSA) is 76.7 Å². The van der Waals surface area contributed by atoms with Gasteiger partial charge in [-0.3, -0.25) is 9.89 Å². The number of benzene rings is 1. The maximum absolute atomic E-state index is 10.2. The van der Waals surface area contributed by atoms with Crippen LogP contribution in [0.4, 0.5) is 5.69 Å². The Morgan fingerprint density at radius 2 is 1.81 bits per heavy atom. The number of guanidine groups is 1. The number of morpholine rings is 1. The van der Waals surface area contributed by atoms with E-state index in [1.807, 2.05) is 31.2 Å². The second-order valence-corrected chi connectivity index (χ2v) is 8.27. The molecule has 3 heterocycles. The van der Waals surface area contributed by atoms with Crippen molar-refractivity contribution < 1.29 is 14.3 Å². The summed E-state index contributed by atoms with van der Waals surface area (Å²) in [5.74, 6) is 3.16. The lowest BCUT2D eigenvalue weighted by Crippen LogP contribution is -2.52. The molecule has 0 saturated carbocycles. The number of aryl methyl sites for hydroxylation is 1. The van der Waals surface area contributed by atoms with Gasteiger partial charge in [-0.1, -0.05) is 12.1 Å². The SMILES string of the molecule is CCNC(=NCC(c1ccc(C)o1)N1CCOCC1)N1CCN(c2ccccc2O)CC1. The van der Waals surface area contributed by atoms with Gasteiger partial charge in [0.15, 0.2) is 5.96 Å². The molecule has 32 heavy (non-hydrogen) atoms. The van der Waals surface area contributed by atoms with Gasteiger partial charge in [0.1, 0.15) is 17.3 Å². The number of nitrogens with zero attached hydrogens (tertiary/aromatic N) is 4. The molecule has 0 aliphatic carbocycles. The van der Waals surface area contributed by atoms with Crippen LogP contribution in [0.2, 0.25) is 0 Å². The molecule has 2 saturated heterocycles. The zero-order valence-electron chi connectivity index (χ0n) is 19.2. The van der Waals surface area contributed by atoms with Crippen molar-refractivity contribution in [3.63, 3.8) is 0 Å². The molecular formula is C24H35N5O3. The van der Waals surface area contributed by atoms with Crippen molar-refractivity contribution in [2.75, 3.05) is 70.5 Å². The monoisotopic (exact) mass is 441 g/mol. The second kappa shape index (κ2) is 10.7. The second-order valence-electron chi connectivity index (χ2n) is 8.27. The Morgan fingerprint density at radius 3 is 2.47 bits per heavy atom. The minimum Gasteiger partial charge on any atom is -0.506 e. The molecule has 1 aromatic heterocycles. The minimum absolute atomic E-state index is 0.101. The highest BCUT2D eigenvalue weighted by Crippen LogP contribution is 2.27. The molecule has 1 aromatic carbocycles. The summed E-state index contributed by atoms with van der Waals surface area (Å²) in [5, 5.41) is 13.7. The third-order valence-corrected chi connectivity index (χ3v) is 6.13. The number of para-hydroxylation sites is 2. The van der Waals surface area contributed by atoms with Crippen molar-refractivity contribution in [1.29, 1.82) is 0 Å². The number of hydrogen-bond donors (Lipinski definition) is 2. The van der Waals surface area contributed by atoms with E-state index in [4.69, 9.17) is 14.1 Å². The van der Waals surface area contributed by atoms with E-state index in [-0.39, 0.29) is 6.04 Å². The molecule has 0 bridgehead atoms. The number of nitrogens with one attached hydrogen (secondary N) is 1. The summed E-state index contributed by atoms with van der Waals surface area (Å²) in [6.07, 6.45) is 0. The molecule has 0 radical (unpaired) electrons. The highest BCUT2D eigenvalue weighted by Gasteiger charge is 2.26. The van der Waals surface area contributed by atoms with E-state index in [2.05, 4.69) is 33.0 Å². The van der Waals surface area contributed by atoms with Crippen LogP contribution in [0.15, 0.2) is 45.8 Å². The van der Waals surface area contributed by atoms with Crippen molar-refractivity contribution in [3.8, 4) is 5.75 Å². The first-order valence-electron chi connectivity index (χ1n) is 11.6. The molecule has 2 aliphatic heterocycles. The van der Waals surface area contributed by atoms with Crippen LogP contribution in [0.3, 0.4) is 0 Å². The lowest BCUT2D eigenvalue weighted by Gasteiger charge is -2.38. The van der Waals surface area contributed by atoms with Gasteiger partial charge in [-0.05, 0) is 38.1 Å². The number of hydrogen-bond acceptors (Lipinski definition) is 6. The van der Waals surface area contributed by atoms with E-state index in [1.165, 1.54) is 0 Å². The standard InChI is InChI=1S/C24H35N5O3/c1-3-25-24(29-12-10-27(11-13-29)20-6-4-5-7-22(20)30)26-18-21(23-9-8-19(2)32-23)28-14-16-31-17-15-28/h4-9,21,30H,3,10-18H2,1-2H3,(H,25,26). The van der Waals surface area contributed by atoms with Crippen molar-refractivity contribution in [1.82, 2.24) is 15.1 Å².